The van der Waals surface area contributed by atoms with Crippen molar-refractivity contribution in [2.24, 2.45) is 0 Å². The van der Waals surface area contributed by atoms with Gasteiger partial charge in [-0.1, -0.05) is 5.57 Å². The number of rotatable bonds is 4. The fourth-order valence-corrected chi connectivity index (χ4v) is 1.04. The summed E-state index contributed by atoms with van der Waals surface area (Å²) in [7, 11) is 0. The van der Waals surface area contributed by atoms with Gasteiger partial charge in [0.15, 0.2) is 6.29 Å². The van der Waals surface area contributed by atoms with Crippen molar-refractivity contribution in [3.8, 4) is 5.75 Å². The molecule has 0 amide bonds. The van der Waals surface area contributed by atoms with Crippen molar-refractivity contribution < 1.29 is 13.9 Å². The first-order valence-corrected chi connectivity index (χ1v) is 4.64. The number of carbonyl (C=O) groups excluding carboxylic acids is 1. The first kappa shape index (κ1) is 11.4. The molecule has 0 unspecified atom stereocenters. The van der Waals surface area contributed by atoms with E-state index >= 15 is 0 Å². The van der Waals surface area contributed by atoms with Crippen LogP contribution in [0.1, 0.15) is 24.2 Å². The Kier molecular flexibility index (Phi) is 4.03. The highest BCUT2D eigenvalue weighted by atomic mass is 19.1. The third kappa shape index (κ3) is 3.54. The van der Waals surface area contributed by atoms with E-state index in [1.807, 2.05) is 19.9 Å². The molecule has 1 aromatic carbocycles. The van der Waals surface area contributed by atoms with Crippen LogP contribution >= 0.6 is 0 Å². The Morgan fingerprint density at radius 3 is 2.80 bits per heavy atom. The largest absolute Gasteiger partial charge is 0.489 e. The quantitative estimate of drug-likeness (QED) is 0.561. The number of hydrogen-bond donors (Lipinski definition) is 0. The van der Waals surface area contributed by atoms with Gasteiger partial charge in [-0.15, -0.1) is 0 Å². The van der Waals surface area contributed by atoms with Crippen molar-refractivity contribution in [2.45, 2.75) is 13.8 Å². The second-order valence-electron chi connectivity index (χ2n) is 3.39. The van der Waals surface area contributed by atoms with Gasteiger partial charge in [0.1, 0.15) is 18.2 Å². The van der Waals surface area contributed by atoms with Crippen LogP contribution in [-0.4, -0.2) is 12.9 Å². The Morgan fingerprint density at radius 1 is 1.47 bits per heavy atom. The second-order valence-corrected chi connectivity index (χ2v) is 3.39. The zero-order valence-electron chi connectivity index (χ0n) is 8.79. The van der Waals surface area contributed by atoms with Crippen molar-refractivity contribution in [1.29, 1.82) is 0 Å². The number of allylic oxidation sites excluding steroid dienone is 1. The molecule has 0 aromatic heterocycles. The lowest BCUT2D eigenvalue weighted by molar-refractivity contribution is 0.111. The van der Waals surface area contributed by atoms with Gasteiger partial charge in [0.25, 0.3) is 0 Å². The highest BCUT2D eigenvalue weighted by molar-refractivity contribution is 5.79. The Morgan fingerprint density at radius 2 is 2.20 bits per heavy atom. The predicted octanol–water partition coefficient (Wildman–Crippen LogP) is 2.98. The van der Waals surface area contributed by atoms with E-state index in [9.17, 15) is 9.18 Å². The third-order valence-corrected chi connectivity index (χ3v) is 1.83. The van der Waals surface area contributed by atoms with E-state index in [1.54, 1.807) is 0 Å². The number of hydrogen-bond acceptors (Lipinski definition) is 2. The van der Waals surface area contributed by atoms with E-state index < -0.39 is 5.82 Å². The van der Waals surface area contributed by atoms with Crippen LogP contribution in [0.2, 0.25) is 0 Å². The lowest BCUT2D eigenvalue weighted by Gasteiger charge is -2.06. The lowest BCUT2D eigenvalue weighted by Crippen LogP contribution is -1.98. The molecule has 1 aromatic rings. The summed E-state index contributed by atoms with van der Waals surface area (Å²) in [4.78, 5) is 10.6. The summed E-state index contributed by atoms with van der Waals surface area (Å²) in [6.45, 7) is 4.29. The maximum atomic E-state index is 12.8. The molecule has 0 aliphatic carbocycles. The summed E-state index contributed by atoms with van der Waals surface area (Å²) in [6, 6.07) is 3.88. The van der Waals surface area contributed by atoms with Crippen molar-refractivity contribution in [3.63, 3.8) is 0 Å². The predicted molar refractivity (Wildman–Crippen MR) is 56.7 cm³/mol. The molecule has 1 rings (SSSR count). The van der Waals surface area contributed by atoms with Crippen molar-refractivity contribution in [2.75, 3.05) is 6.61 Å². The standard InChI is InChI=1S/C12H13FO2/c1-9(2)5-6-15-12-4-3-11(13)7-10(12)8-14/h3-5,7-8H,6H2,1-2H3. The van der Waals surface area contributed by atoms with Crippen LogP contribution in [0.25, 0.3) is 0 Å². The Labute approximate surface area is 88.4 Å². The van der Waals surface area contributed by atoms with Crippen molar-refractivity contribution in [1.82, 2.24) is 0 Å². The highest BCUT2D eigenvalue weighted by Crippen LogP contribution is 2.17. The van der Waals surface area contributed by atoms with E-state index in [4.69, 9.17) is 4.74 Å². The molecular weight excluding hydrogens is 195 g/mol. The number of halogens is 1. The maximum Gasteiger partial charge on any atom is 0.153 e. The smallest absolute Gasteiger partial charge is 0.153 e. The minimum absolute atomic E-state index is 0.233. The van der Waals surface area contributed by atoms with Crippen LogP contribution in [0.15, 0.2) is 29.8 Å². The number of ether oxygens (including phenoxy) is 1. The average molecular weight is 208 g/mol. The van der Waals surface area contributed by atoms with Gasteiger partial charge >= 0.3 is 0 Å². The van der Waals surface area contributed by atoms with Gasteiger partial charge in [0, 0.05) is 0 Å². The average Bonchev–Trinajstić information content (AvgIpc) is 2.19. The number of benzene rings is 1. The number of carbonyl (C=O) groups is 1. The first-order chi connectivity index (χ1) is 7.13. The molecule has 0 bridgehead atoms. The zero-order valence-corrected chi connectivity index (χ0v) is 8.79. The molecule has 0 N–H and O–H groups in total. The van der Waals surface area contributed by atoms with E-state index in [1.165, 1.54) is 12.1 Å². The summed E-state index contributed by atoms with van der Waals surface area (Å²) < 4.78 is 18.1. The number of aldehydes is 1. The van der Waals surface area contributed by atoms with Crippen LogP contribution in [-0.2, 0) is 0 Å². The van der Waals surface area contributed by atoms with Gasteiger partial charge in [-0.25, -0.2) is 4.39 Å². The Balaban J connectivity index is 2.76. The van der Waals surface area contributed by atoms with Crippen LogP contribution in [0.5, 0.6) is 5.75 Å². The minimum atomic E-state index is -0.438. The molecule has 0 heterocycles. The second kappa shape index (κ2) is 5.29. The molecule has 0 atom stereocenters. The molecule has 0 radical (unpaired) electrons. The first-order valence-electron chi connectivity index (χ1n) is 4.64. The topological polar surface area (TPSA) is 26.3 Å². The third-order valence-electron chi connectivity index (χ3n) is 1.83. The Hall–Kier alpha value is -1.64. The molecule has 0 aliphatic heterocycles. The van der Waals surface area contributed by atoms with Crippen molar-refractivity contribution >= 4 is 6.29 Å². The van der Waals surface area contributed by atoms with E-state index in [0.717, 1.165) is 11.6 Å². The molecule has 0 saturated carbocycles. The minimum Gasteiger partial charge on any atom is -0.489 e. The van der Waals surface area contributed by atoms with Crippen LogP contribution in [0, 0.1) is 5.82 Å². The van der Waals surface area contributed by atoms with E-state index in [-0.39, 0.29) is 5.56 Å². The molecule has 0 spiro atoms. The summed E-state index contributed by atoms with van der Waals surface area (Å²) >= 11 is 0. The Bertz CT molecular complexity index is 379. The van der Waals surface area contributed by atoms with E-state index in [0.29, 0.717) is 18.6 Å². The van der Waals surface area contributed by atoms with Gasteiger partial charge < -0.3 is 4.74 Å². The fourth-order valence-electron chi connectivity index (χ4n) is 1.04. The molecule has 0 fully saturated rings. The molecule has 0 saturated heterocycles. The SMILES string of the molecule is CC(C)=CCOc1ccc(F)cc1C=O. The van der Waals surface area contributed by atoms with Gasteiger partial charge in [0.05, 0.1) is 5.56 Å². The monoisotopic (exact) mass is 208 g/mol. The van der Waals surface area contributed by atoms with Crippen LogP contribution < -0.4 is 4.74 Å². The van der Waals surface area contributed by atoms with Gasteiger partial charge in [-0.2, -0.15) is 0 Å². The summed E-state index contributed by atoms with van der Waals surface area (Å²) in [5.74, 6) is -0.0319. The summed E-state index contributed by atoms with van der Waals surface area (Å²) in [5.41, 5.74) is 1.36. The van der Waals surface area contributed by atoms with Gasteiger partial charge in [-0.05, 0) is 38.1 Å². The molecule has 80 valence electrons. The maximum absolute atomic E-state index is 12.8. The van der Waals surface area contributed by atoms with Crippen LogP contribution in [0.4, 0.5) is 4.39 Å². The van der Waals surface area contributed by atoms with Crippen LogP contribution in [0.3, 0.4) is 0 Å². The summed E-state index contributed by atoms with van der Waals surface area (Å²) in [6.07, 6.45) is 2.47. The summed E-state index contributed by atoms with van der Waals surface area (Å²) in [5, 5.41) is 0. The molecular formula is C12H13FO2. The normalized spacial score (nSPS) is 9.53. The molecule has 2 nitrogen and oxygen atoms in total. The van der Waals surface area contributed by atoms with Gasteiger partial charge in [-0.3, -0.25) is 4.79 Å². The van der Waals surface area contributed by atoms with E-state index in [2.05, 4.69) is 0 Å². The zero-order chi connectivity index (χ0) is 11.3. The van der Waals surface area contributed by atoms with Gasteiger partial charge in [0.2, 0.25) is 0 Å². The fraction of sp³-hybridized carbons (Fsp3) is 0.250. The molecule has 0 aliphatic rings. The van der Waals surface area contributed by atoms with Crippen molar-refractivity contribution in [3.05, 3.63) is 41.2 Å². The molecule has 3 heteroatoms. The lowest BCUT2D eigenvalue weighted by atomic mass is 10.2. The molecule has 15 heavy (non-hydrogen) atoms. The highest BCUT2D eigenvalue weighted by Gasteiger charge is 2.03.